The number of ether oxygens (including phenoxy) is 2. The average molecular weight is 453 g/mol. The zero-order chi connectivity index (χ0) is 22.3. The second-order valence-electron chi connectivity index (χ2n) is 6.43. The van der Waals surface area contributed by atoms with E-state index in [2.05, 4.69) is 15.5 Å². The summed E-state index contributed by atoms with van der Waals surface area (Å²) in [5, 5.41) is 8.32. The van der Waals surface area contributed by atoms with Gasteiger partial charge >= 0.3 is 5.97 Å². The van der Waals surface area contributed by atoms with E-state index in [4.69, 9.17) is 14.0 Å². The minimum Gasteiger partial charge on any atom is -0.485 e. The molecule has 2 aromatic carbocycles. The Morgan fingerprint density at radius 2 is 1.81 bits per heavy atom. The highest BCUT2D eigenvalue weighted by Gasteiger charge is 2.13. The van der Waals surface area contributed by atoms with Gasteiger partial charge in [0.2, 0.25) is 5.82 Å². The monoisotopic (exact) mass is 453 g/mol. The van der Waals surface area contributed by atoms with Gasteiger partial charge in [0, 0.05) is 5.69 Å². The quantitative estimate of drug-likeness (QED) is 0.393. The van der Waals surface area contributed by atoms with E-state index in [1.54, 1.807) is 36.4 Å². The Balaban J connectivity index is 1.25. The number of rotatable bonds is 8. The van der Waals surface area contributed by atoms with Crippen LogP contribution in [-0.4, -0.2) is 22.0 Å². The molecule has 0 saturated carbocycles. The van der Waals surface area contributed by atoms with Gasteiger partial charge in [-0.25, -0.2) is 9.18 Å². The molecule has 1 N–H and O–H groups in total. The van der Waals surface area contributed by atoms with Crippen molar-refractivity contribution in [1.29, 1.82) is 0 Å². The van der Waals surface area contributed by atoms with Crippen LogP contribution in [0.5, 0.6) is 5.75 Å². The highest BCUT2D eigenvalue weighted by Crippen LogP contribution is 2.16. The molecule has 1 amide bonds. The summed E-state index contributed by atoms with van der Waals surface area (Å²) in [6.07, 6.45) is 0. The normalized spacial score (nSPS) is 10.5. The zero-order valence-electron chi connectivity index (χ0n) is 16.5. The number of aromatic nitrogens is 2. The minimum atomic E-state index is -0.580. The first-order valence-electron chi connectivity index (χ1n) is 9.39. The van der Waals surface area contributed by atoms with Crippen LogP contribution in [-0.2, 0) is 18.0 Å². The van der Waals surface area contributed by atoms with Crippen molar-refractivity contribution in [2.24, 2.45) is 0 Å². The van der Waals surface area contributed by atoms with E-state index in [1.807, 2.05) is 5.38 Å². The van der Waals surface area contributed by atoms with Gasteiger partial charge in [0.05, 0.1) is 10.4 Å². The summed E-state index contributed by atoms with van der Waals surface area (Å²) in [6.45, 7) is -0.193. The molecule has 0 unspecified atom stereocenters. The topological polar surface area (TPSA) is 104 Å². The van der Waals surface area contributed by atoms with E-state index < -0.39 is 5.97 Å². The van der Waals surface area contributed by atoms with Crippen molar-refractivity contribution in [2.45, 2.75) is 13.2 Å². The molecular weight excluding hydrogens is 437 g/mol. The van der Waals surface area contributed by atoms with E-state index in [-0.39, 0.29) is 36.7 Å². The lowest BCUT2D eigenvalue weighted by atomic mass is 10.2. The second-order valence-corrected chi connectivity index (χ2v) is 7.38. The lowest BCUT2D eigenvalue weighted by Gasteiger charge is -2.05. The van der Waals surface area contributed by atoms with Crippen molar-refractivity contribution in [3.8, 4) is 5.75 Å². The SMILES string of the molecule is O=C(OCc1nc(COc2ccc(F)cc2)no1)c1ccc(NC(=O)c2cccs2)cc1. The maximum absolute atomic E-state index is 12.9. The molecule has 4 aromatic rings. The summed E-state index contributed by atoms with van der Waals surface area (Å²) >= 11 is 1.34. The van der Waals surface area contributed by atoms with Gasteiger partial charge in [-0.1, -0.05) is 11.2 Å². The van der Waals surface area contributed by atoms with Crippen LogP contribution in [0, 0.1) is 5.82 Å². The Morgan fingerprint density at radius 1 is 1.03 bits per heavy atom. The Kier molecular flexibility index (Phi) is 6.52. The number of carbonyl (C=O) groups excluding carboxylic acids is 2. The summed E-state index contributed by atoms with van der Waals surface area (Å²) in [7, 11) is 0. The second kappa shape index (κ2) is 9.84. The van der Waals surface area contributed by atoms with Crippen LogP contribution in [0.1, 0.15) is 31.7 Å². The smallest absolute Gasteiger partial charge is 0.338 e. The molecule has 162 valence electrons. The summed E-state index contributed by atoms with van der Waals surface area (Å²) in [6, 6.07) is 15.4. The maximum Gasteiger partial charge on any atom is 0.338 e. The molecule has 8 nitrogen and oxygen atoms in total. The van der Waals surface area contributed by atoms with E-state index in [0.717, 1.165) is 0 Å². The summed E-state index contributed by atoms with van der Waals surface area (Å²) in [5.74, 6) is -0.338. The molecule has 0 spiro atoms. The van der Waals surface area contributed by atoms with Gasteiger partial charge in [0.1, 0.15) is 11.6 Å². The zero-order valence-corrected chi connectivity index (χ0v) is 17.3. The van der Waals surface area contributed by atoms with Gasteiger partial charge in [-0.2, -0.15) is 4.98 Å². The van der Waals surface area contributed by atoms with Crippen molar-refractivity contribution in [3.05, 3.63) is 94.0 Å². The van der Waals surface area contributed by atoms with Crippen LogP contribution in [0.25, 0.3) is 0 Å². The Morgan fingerprint density at radius 3 is 2.53 bits per heavy atom. The number of halogens is 1. The molecule has 0 radical (unpaired) electrons. The molecule has 2 aromatic heterocycles. The Bertz CT molecular complexity index is 1190. The number of nitrogens with zero attached hydrogens (tertiary/aromatic N) is 2. The molecule has 0 fully saturated rings. The van der Waals surface area contributed by atoms with Gasteiger partial charge in [0.25, 0.3) is 11.8 Å². The van der Waals surface area contributed by atoms with Crippen LogP contribution < -0.4 is 10.1 Å². The number of amides is 1. The highest BCUT2D eigenvalue weighted by atomic mass is 32.1. The number of nitrogens with one attached hydrogen (secondary N) is 1. The molecule has 0 aliphatic heterocycles. The predicted molar refractivity (Wildman–Crippen MR) is 113 cm³/mol. The average Bonchev–Trinajstić information content (AvgIpc) is 3.50. The first-order valence-corrected chi connectivity index (χ1v) is 10.3. The summed E-state index contributed by atoms with van der Waals surface area (Å²) in [5.41, 5.74) is 0.862. The van der Waals surface area contributed by atoms with Crippen molar-refractivity contribution < 1.29 is 28.0 Å². The van der Waals surface area contributed by atoms with Crippen LogP contribution in [0.15, 0.2) is 70.6 Å². The van der Waals surface area contributed by atoms with Gasteiger partial charge < -0.3 is 19.3 Å². The predicted octanol–water partition coefficient (Wildman–Crippen LogP) is 4.46. The Hall–Kier alpha value is -4.05. The fraction of sp³-hybridized carbons (Fsp3) is 0.0909. The third-order valence-electron chi connectivity index (χ3n) is 4.14. The van der Waals surface area contributed by atoms with Gasteiger partial charge in [0.15, 0.2) is 13.2 Å². The van der Waals surface area contributed by atoms with Crippen molar-refractivity contribution in [1.82, 2.24) is 10.1 Å². The van der Waals surface area contributed by atoms with E-state index >= 15 is 0 Å². The number of hydrogen-bond donors (Lipinski definition) is 1. The standard InChI is InChI=1S/C22H16FN3O5S/c23-15-5-9-17(10-6-15)29-12-19-25-20(31-26-19)13-30-22(28)14-3-7-16(8-4-14)24-21(27)18-2-1-11-32-18/h1-11H,12-13H2,(H,24,27). The number of benzene rings is 2. The van der Waals surface area contributed by atoms with Crippen LogP contribution in [0.4, 0.5) is 10.1 Å². The molecule has 10 heteroatoms. The van der Waals surface area contributed by atoms with Crippen LogP contribution in [0.3, 0.4) is 0 Å². The first-order chi connectivity index (χ1) is 15.6. The number of hydrogen-bond acceptors (Lipinski definition) is 8. The molecule has 4 rings (SSSR count). The Labute approximate surface area is 185 Å². The van der Waals surface area contributed by atoms with Crippen molar-refractivity contribution in [2.75, 3.05) is 5.32 Å². The number of esters is 1. The highest BCUT2D eigenvalue weighted by molar-refractivity contribution is 7.12. The first kappa shape index (κ1) is 21.2. The van der Waals surface area contributed by atoms with Gasteiger partial charge in [-0.05, 0) is 60.0 Å². The number of anilines is 1. The van der Waals surface area contributed by atoms with E-state index in [1.165, 1.54) is 35.6 Å². The fourth-order valence-electron chi connectivity index (χ4n) is 2.59. The van der Waals surface area contributed by atoms with E-state index in [0.29, 0.717) is 21.9 Å². The summed E-state index contributed by atoms with van der Waals surface area (Å²) in [4.78, 5) is 29.0. The third kappa shape index (κ3) is 5.55. The largest absolute Gasteiger partial charge is 0.485 e. The van der Waals surface area contributed by atoms with Crippen molar-refractivity contribution in [3.63, 3.8) is 0 Å². The van der Waals surface area contributed by atoms with E-state index in [9.17, 15) is 14.0 Å². The van der Waals surface area contributed by atoms with Crippen molar-refractivity contribution >= 4 is 28.9 Å². The molecule has 0 aliphatic rings. The molecule has 2 heterocycles. The third-order valence-corrected chi connectivity index (χ3v) is 5.01. The molecule has 0 atom stereocenters. The molecule has 0 saturated heterocycles. The van der Waals surface area contributed by atoms with Crippen LogP contribution in [0.2, 0.25) is 0 Å². The van der Waals surface area contributed by atoms with Gasteiger partial charge in [-0.15, -0.1) is 11.3 Å². The lowest BCUT2D eigenvalue weighted by Crippen LogP contribution is -2.10. The maximum atomic E-state index is 12.9. The molecule has 0 bridgehead atoms. The molecular formula is C22H16FN3O5S. The lowest BCUT2D eigenvalue weighted by molar-refractivity contribution is 0.0429. The minimum absolute atomic E-state index is 0.0156. The van der Waals surface area contributed by atoms with Crippen LogP contribution >= 0.6 is 11.3 Å². The summed E-state index contributed by atoms with van der Waals surface area (Å²) < 4.78 is 28.5. The number of carbonyl (C=O) groups is 2. The van der Waals surface area contributed by atoms with Gasteiger partial charge in [-0.3, -0.25) is 4.79 Å². The molecule has 0 aliphatic carbocycles. The molecule has 32 heavy (non-hydrogen) atoms. The fourth-order valence-corrected chi connectivity index (χ4v) is 3.21. The number of thiophene rings is 1.